The second-order valence-corrected chi connectivity index (χ2v) is 6.77. The molecule has 0 unspecified atom stereocenters. The fourth-order valence-electron chi connectivity index (χ4n) is 3.33. The highest BCUT2D eigenvalue weighted by atomic mass is 19.4. The number of carbonyl (C=O) groups is 1. The number of piperazine rings is 1. The van der Waals surface area contributed by atoms with Crippen LogP contribution in [0.2, 0.25) is 0 Å². The molecule has 0 bridgehead atoms. The molecule has 1 aliphatic rings. The Balaban J connectivity index is 1.45. The molecule has 1 aliphatic heterocycles. The fourth-order valence-corrected chi connectivity index (χ4v) is 3.33. The molecule has 3 heterocycles. The van der Waals surface area contributed by atoms with Crippen molar-refractivity contribution in [2.45, 2.75) is 13.1 Å². The third-order valence-corrected chi connectivity index (χ3v) is 4.83. The van der Waals surface area contributed by atoms with Crippen molar-refractivity contribution >= 4 is 22.7 Å². The fraction of sp³-hybridized carbons (Fsp3) is 0.300. The highest BCUT2D eigenvalue weighted by molar-refractivity contribution is 5.95. The first-order chi connectivity index (χ1) is 13.3. The van der Waals surface area contributed by atoms with Crippen molar-refractivity contribution in [3.05, 3.63) is 59.5 Å². The molecule has 1 amide bonds. The van der Waals surface area contributed by atoms with Crippen LogP contribution in [0.1, 0.15) is 21.8 Å². The number of hydrogen-bond donors (Lipinski definition) is 0. The summed E-state index contributed by atoms with van der Waals surface area (Å²) >= 11 is 0. The summed E-state index contributed by atoms with van der Waals surface area (Å²) < 4.78 is 44.4. The summed E-state index contributed by atoms with van der Waals surface area (Å²) in [5, 5.41) is 0. The molecule has 0 spiro atoms. The summed E-state index contributed by atoms with van der Waals surface area (Å²) in [6.07, 6.45) is -4.37. The molecule has 0 saturated carbocycles. The number of anilines is 1. The van der Waals surface area contributed by atoms with Gasteiger partial charge in [-0.2, -0.15) is 13.2 Å². The average molecular weight is 389 g/mol. The smallest absolute Gasteiger partial charge is 0.416 e. The number of alkyl halides is 3. The number of benzene rings is 1. The monoisotopic (exact) mass is 389 g/mol. The molecule has 0 aliphatic carbocycles. The molecule has 1 aromatic carbocycles. The number of aromatic nitrogens is 1. The highest BCUT2D eigenvalue weighted by Crippen LogP contribution is 2.32. The molecule has 0 radical (unpaired) electrons. The van der Waals surface area contributed by atoms with Crippen molar-refractivity contribution in [2.24, 2.45) is 0 Å². The van der Waals surface area contributed by atoms with Gasteiger partial charge in [-0.25, -0.2) is 4.98 Å². The van der Waals surface area contributed by atoms with Crippen LogP contribution < -0.4 is 4.90 Å². The molecule has 0 atom stereocenters. The van der Waals surface area contributed by atoms with E-state index in [1.807, 2.05) is 17.9 Å². The molecular weight excluding hydrogens is 371 g/mol. The Hall–Kier alpha value is -3.03. The largest absolute Gasteiger partial charge is 0.449 e. The Kier molecular flexibility index (Phi) is 4.49. The molecule has 146 valence electrons. The van der Waals surface area contributed by atoms with Gasteiger partial charge in [-0.1, -0.05) is 6.07 Å². The van der Waals surface area contributed by atoms with Gasteiger partial charge in [0.25, 0.3) is 5.91 Å². The molecule has 28 heavy (non-hydrogen) atoms. The maximum atomic E-state index is 12.9. The van der Waals surface area contributed by atoms with Crippen molar-refractivity contribution in [1.82, 2.24) is 9.88 Å². The lowest BCUT2D eigenvalue weighted by Crippen LogP contribution is -2.48. The molecule has 1 fully saturated rings. The number of hydrogen-bond acceptors (Lipinski definition) is 4. The lowest BCUT2D eigenvalue weighted by Gasteiger charge is -2.36. The van der Waals surface area contributed by atoms with E-state index in [2.05, 4.69) is 4.98 Å². The van der Waals surface area contributed by atoms with Crippen LogP contribution in [-0.4, -0.2) is 42.0 Å². The summed E-state index contributed by atoms with van der Waals surface area (Å²) in [4.78, 5) is 20.6. The maximum absolute atomic E-state index is 12.9. The Morgan fingerprint density at radius 2 is 1.82 bits per heavy atom. The Morgan fingerprint density at radius 1 is 1.07 bits per heavy atom. The lowest BCUT2D eigenvalue weighted by atomic mass is 10.1. The second kappa shape index (κ2) is 6.85. The number of fused-ring (bicyclic) bond motifs is 1. The first-order valence-corrected chi connectivity index (χ1v) is 8.90. The maximum Gasteiger partial charge on any atom is 0.416 e. The number of furan rings is 1. The number of halogens is 3. The van der Waals surface area contributed by atoms with E-state index in [0.717, 1.165) is 17.8 Å². The van der Waals surface area contributed by atoms with Gasteiger partial charge in [0.15, 0.2) is 11.3 Å². The molecule has 1 saturated heterocycles. The zero-order valence-electron chi connectivity index (χ0n) is 15.2. The lowest BCUT2D eigenvalue weighted by molar-refractivity contribution is -0.137. The normalized spacial score (nSPS) is 15.3. The van der Waals surface area contributed by atoms with Gasteiger partial charge < -0.3 is 14.2 Å². The SMILES string of the molecule is Cc1ccc2oc(C(=O)N3CCN(c4cccc(C(F)(F)F)c4)CC3)cc2n1. The predicted octanol–water partition coefficient (Wildman–Crippen LogP) is 4.12. The molecule has 5 nitrogen and oxygen atoms in total. The van der Waals surface area contributed by atoms with Gasteiger partial charge in [0.2, 0.25) is 0 Å². The number of carbonyl (C=O) groups excluding carboxylic acids is 1. The molecule has 8 heteroatoms. The van der Waals surface area contributed by atoms with E-state index < -0.39 is 11.7 Å². The number of nitrogens with zero attached hydrogens (tertiary/aromatic N) is 3. The minimum absolute atomic E-state index is 0.223. The van der Waals surface area contributed by atoms with Crippen molar-refractivity contribution in [3.63, 3.8) is 0 Å². The van der Waals surface area contributed by atoms with Gasteiger partial charge in [-0.15, -0.1) is 0 Å². The van der Waals surface area contributed by atoms with E-state index in [9.17, 15) is 18.0 Å². The zero-order valence-corrected chi connectivity index (χ0v) is 15.2. The summed E-state index contributed by atoms with van der Waals surface area (Å²) in [7, 11) is 0. The average Bonchev–Trinajstić information content (AvgIpc) is 3.10. The first-order valence-electron chi connectivity index (χ1n) is 8.90. The molecule has 3 aromatic rings. The van der Waals surface area contributed by atoms with Crippen LogP contribution in [0.15, 0.2) is 46.9 Å². The van der Waals surface area contributed by atoms with E-state index in [1.165, 1.54) is 6.07 Å². The van der Waals surface area contributed by atoms with Crippen LogP contribution in [0.5, 0.6) is 0 Å². The summed E-state index contributed by atoms with van der Waals surface area (Å²) in [6, 6.07) is 10.5. The van der Waals surface area contributed by atoms with Crippen molar-refractivity contribution < 1.29 is 22.4 Å². The number of pyridine rings is 1. The molecular formula is C20H18F3N3O2. The Labute approximate surface area is 159 Å². The Bertz CT molecular complexity index is 1020. The van der Waals surface area contributed by atoms with Gasteiger partial charge in [-0.05, 0) is 37.3 Å². The van der Waals surface area contributed by atoms with Crippen LogP contribution in [0.3, 0.4) is 0 Å². The van der Waals surface area contributed by atoms with Gasteiger partial charge in [0, 0.05) is 43.6 Å². The van der Waals surface area contributed by atoms with Gasteiger partial charge >= 0.3 is 6.18 Å². The van der Waals surface area contributed by atoms with Crippen LogP contribution in [-0.2, 0) is 6.18 Å². The van der Waals surface area contributed by atoms with Crippen LogP contribution >= 0.6 is 0 Å². The van der Waals surface area contributed by atoms with Crippen LogP contribution in [0.4, 0.5) is 18.9 Å². The third-order valence-electron chi connectivity index (χ3n) is 4.83. The number of aryl methyl sites for hydroxylation is 1. The van der Waals surface area contributed by atoms with Crippen molar-refractivity contribution in [3.8, 4) is 0 Å². The van der Waals surface area contributed by atoms with E-state index in [4.69, 9.17) is 4.42 Å². The van der Waals surface area contributed by atoms with Gasteiger partial charge in [0.1, 0.15) is 5.52 Å². The van der Waals surface area contributed by atoms with E-state index in [1.54, 1.807) is 23.1 Å². The van der Waals surface area contributed by atoms with E-state index in [0.29, 0.717) is 43.0 Å². The van der Waals surface area contributed by atoms with Gasteiger partial charge in [-0.3, -0.25) is 4.79 Å². The van der Waals surface area contributed by atoms with Crippen molar-refractivity contribution in [1.29, 1.82) is 0 Å². The molecule has 0 N–H and O–H groups in total. The first kappa shape index (κ1) is 18.3. The van der Waals surface area contributed by atoms with E-state index >= 15 is 0 Å². The van der Waals surface area contributed by atoms with Gasteiger partial charge in [0.05, 0.1) is 5.56 Å². The quantitative estimate of drug-likeness (QED) is 0.662. The third kappa shape index (κ3) is 3.54. The zero-order chi connectivity index (χ0) is 19.9. The van der Waals surface area contributed by atoms with Crippen LogP contribution in [0, 0.1) is 6.92 Å². The molecule has 4 rings (SSSR count). The molecule has 2 aromatic heterocycles. The van der Waals surface area contributed by atoms with Crippen molar-refractivity contribution in [2.75, 3.05) is 31.1 Å². The Morgan fingerprint density at radius 3 is 2.54 bits per heavy atom. The number of amides is 1. The minimum atomic E-state index is -4.37. The summed E-state index contributed by atoms with van der Waals surface area (Å²) in [6.45, 7) is 3.56. The minimum Gasteiger partial charge on any atom is -0.449 e. The second-order valence-electron chi connectivity index (χ2n) is 6.77. The predicted molar refractivity (Wildman–Crippen MR) is 98.3 cm³/mol. The summed E-state index contributed by atoms with van der Waals surface area (Å²) in [5.41, 5.74) is 1.85. The number of rotatable bonds is 2. The van der Waals surface area contributed by atoms with E-state index in [-0.39, 0.29) is 11.7 Å². The van der Waals surface area contributed by atoms with Crippen LogP contribution in [0.25, 0.3) is 11.1 Å². The standard InChI is InChI=1S/C20H18F3N3O2/c1-13-5-6-17-16(24-13)12-18(28-17)19(27)26-9-7-25(8-10-26)15-4-2-3-14(11-15)20(21,22)23/h2-6,11-12H,7-10H2,1H3. The highest BCUT2D eigenvalue weighted by Gasteiger charge is 2.31. The summed E-state index contributed by atoms with van der Waals surface area (Å²) in [5.74, 6) is -0.0139. The topological polar surface area (TPSA) is 49.6 Å².